The van der Waals surface area contributed by atoms with E-state index in [1.54, 1.807) is 0 Å². The van der Waals surface area contributed by atoms with Gasteiger partial charge in [-0.1, -0.05) is 12.8 Å². The van der Waals surface area contributed by atoms with E-state index in [1.165, 1.54) is 19.3 Å². The maximum Gasteiger partial charge on any atom is 0.391 e. The first kappa shape index (κ1) is 26.5. The summed E-state index contributed by atoms with van der Waals surface area (Å²) in [5.74, 6) is -1.22. The summed E-state index contributed by atoms with van der Waals surface area (Å²) in [6, 6.07) is 0.829. The van der Waals surface area contributed by atoms with Crippen LogP contribution in [0.1, 0.15) is 64.7 Å². The molecular weight excluding hydrogens is 447 g/mol. The zero-order valence-corrected chi connectivity index (χ0v) is 20.4. The third-order valence-corrected chi connectivity index (χ3v) is 7.72. The van der Waals surface area contributed by atoms with E-state index in [-0.39, 0.29) is 37.8 Å². The summed E-state index contributed by atoms with van der Waals surface area (Å²) < 4.78 is 45.5. The molecule has 0 aromatic heterocycles. The van der Waals surface area contributed by atoms with Crippen molar-refractivity contribution in [1.82, 2.24) is 36.8 Å². The molecule has 0 spiro atoms. The molecule has 0 bridgehead atoms. The van der Waals surface area contributed by atoms with Crippen molar-refractivity contribution in [2.45, 2.75) is 108 Å². The molecule has 0 radical (unpaired) electrons. The number of piperidine rings is 2. The Labute approximate surface area is 201 Å². The summed E-state index contributed by atoms with van der Waals surface area (Å²) in [6.07, 6.45) is 2.76. The number of hydrogen-bond donors (Lipinski definition) is 6. The summed E-state index contributed by atoms with van der Waals surface area (Å²) in [5.41, 5.74) is 0. The number of alkyl halides is 3. The van der Waals surface area contributed by atoms with Crippen LogP contribution in [0.25, 0.3) is 0 Å². The summed E-state index contributed by atoms with van der Waals surface area (Å²) >= 11 is 0. The lowest BCUT2D eigenvalue weighted by Crippen LogP contribution is -2.76. The lowest BCUT2D eigenvalue weighted by molar-refractivity contribution is -0.184. The largest absolute Gasteiger partial charge is 0.391 e. The Morgan fingerprint density at radius 3 is 2.26 bits per heavy atom. The van der Waals surface area contributed by atoms with Crippen molar-refractivity contribution in [1.29, 1.82) is 0 Å². The topological polar surface area (TPSA) is 84.7 Å². The summed E-state index contributed by atoms with van der Waals surface area (Å²) in [7, 11) is 0. The molecule has 6 unspecified atom stereocenters. The van der Waals surface area contributed by atoms with E-state index in [2.05, 4.69) is 36.8 Å². The van der Waals surface area contributed by atoms with Crippen molar-refractivity contribution >= 4 is 0 Å². The van der Waals surface area contributed by atoms with Gasteiger partial charge in [0.25, 0.3) is 0 Å². The van der Waals surface area contributed by atoms with E-state index in [9.17, 15) is 13.2 Å². The standard InChI is InChI=1S/C23H44F3N7O/c1-2-34-22-31-20(28-17-9-12-33(13-10-17)15-19-7-3-4-11-27-19)30-21(32-22)29-18-8-5-6-16(14-18)23(24,25)26/h16-22,27-32H,2-15H2,1H3. The van der Waals surface area contributed by atoms with E-state index in [1.807, 2.05) is 6.92 Å². The van der Waals surface area contributed by atoms with Crippen molar-refractivity contribution in [2.24, 2.45) is 5.92 Å². The lowest BCUT2D eigenvalue weighted by Gasteiger charge is -2.43. The zero-order valence-electron chi connectivity index (χ0n) is 20.4. The molecule has 4 rings (SSSR count). The highest BCUT2D eigenvalue weighted by Crippen LogP contribution is 2.37. The zero-order chi connectivity index (χ0) is 24.0. The van der Waals surface area contributed by atoms with Gasteiger partial charge in [-0.2, -0.15) is 13.2 Å². The first-order valence-corrected chi connectivity index (χ1v) is 13.3. The average molecular weight is 492 g/mol. The predicted octanol–water partition coefficient (Wildman–Crippen LogP) is 1.56. The molecule has 0 aromatic carbocycles. The van der Waals surface area contributed by atoms with Crippen LogP contribution < -0.4 is 31.9 Å². The molecule has 11 heteroatoms. The molecule has 8 nitrogen and oxygen atoms in total. The van der Waals surface area contributed by atoms with Gasteiger partial charge >= 0.3 is 6.18 Å². The maximum atomic E-state index is 13.2. The van der Waals surface area contributed by atoms with Crippen molar-refractivity contribution in [2.75, 3.05) is 32.8 Å². The molecule has 3 aliphatic heterocycles. The molecular formula is C23H44F3N7O. The van der Waals surface area contributed by atoms with Crippen LogP contribution >= 0.6 is 0 Å². The molecule has 3 heterocycles. The minimum absolute atomic E-state index is 0.127. The van der Waals surface area contributed by atoms with Crippen LogP contribution in [0.15, 0.2) is 0 Å². The number of nitrogens with one attached hydrogen (secondary N) is 6. The lowest BCUT2D eigenvalue weighted by atomic mass is 9.85. The average Bonchev–Trinajstić information content (AvgIpc) is 2.81. The van der Waals surface area contributed by atoms with E-state index in [0.717, 1.165) is 45.4 Å². The Morgan fingerprint density at radius 1 is 0.882 bits per heavy atom. The fraction of sp³-hybridized carbons (Fsp3) is 1.00. The van der Waals surface area contributed by atoms with E-state index in [4.69, 9.17) is 4.74 Å². The molecule has 1 saturated carbocycles. The van der Waals surface area contributed by atoms with Crippen LogP contribution in [0.5, 0.6) is 0 Å². The summed E-state index contributed by atoms with van der Waals surface area (Å²) in [4.78, 5) is 2.57. The molecule has 3 saturated heterocycles. The van der Waals surface area contributed by atoms with E-state index >= 15 is 0 Å². The number of likely N-dealkylation sites (tertiary alicyclic amines) is 1. The molecule has 198 valence electrons. The van der Waals surface area contributed by atoms with Gasteiger partial charge in [0.1, 0.15) is 12.6 Å². The van der Waals surface area contributed by atoms with Gasteiger partial charge in [-0.3, -0.25) is 26.6 Å². The van der Waals surface area contributed by atoms with Crippen LogP contribution in [-0.2, 0) is 4.74 Å². The second kappa shape index (κ2) is 12.6. The highest BCUT2D eigenvalue weighted by Gasteiger charge is 2.43. The third-order valence-electron chi connectivity index (χ3n) is 7.72. The fourth-order valence-electron chi connectivity index (χ4n) is 5.85. The van der Waals surface area contributed by atoms with Crippen molar-refractivity contribution in [3.63, 3.8) is 0 Å². The number of hydrogen-bond acceptors (Lipinski definition) is 8. The minimum atomic E-state index is -4.12. The normalized spacial score (nSPS) is 37.1. The monoisotopic (exact) mass is 491 g/mol. The van der Waals surface area contributed by atoms with Crippen LogP contribution in [0.2, 0.25) is 0 Å². The number of ether oxygens (including phenoxy) is 1. The number of rotatable bonds is 8. The SMILES string of the molecule is CCOC1NC(NC2CCN(CC3CCCCN3)CC2)NC(NC2CCCC(C(F)(F)F)C2)N1. The fourth-order valence-corrected chi connectivity index (χ4v) is 5.85. The highest BCUT2D eigenvalue weighted by atomic mass is 19.4. The van der Waals surface area contributed by atoms with Gasteiger partial charge in [-0.25, -0.2) is 0 Å². The smallest absolute Gasteiger partial charge is 0.350 e. The predicted molar refractivity (Wildman–Crippen MR) is 126 cm³/mol. The molecule has 6 N–H and O–H groups in total. The van der Waals surface area contributed by atoms with Crippen LogP contribution in [0, 0.1) is 5.92 Å². The van der Waals surface area contributed by atoms with Gasteiger partial charge < -0.3 is 15.0 Å². The first-order valence-electron chi connectivity index (χ1n) is 13.3. The molecule has 0 aromatic rings. The maximum absolute atomic E-state index is 13.2. The second-order valence-electron chi connectivity index (χ2n) is 10.4. The summed E-state index contributed by atoms with van der Waals surface area (Å²) in [5, 5.41) is 20.8. The van der Waals surface area contributed by atoms with Gasteiger partial charge in [0, 0.05) is 31.3 Å². The minimum Gasteiger partial charge on any atom is -0.350 e. The molecule has 1 aliphatic carbocycles. The Bertz CT molecular complexity index is 600. The van der Waals surface area contributed by atoms with E-state index in [0.29, 0.717) is 25.1 Å². The Morgan fingerprint density at radius 2 is 1.62 bits per heavy atom. The van der Waals surface area contributed by atoms with Crippen LogP contribution in [-0.4, -0.2) is 80.9 Å². The third kappa shape index (κ3) is 7.99. The number of nitrogens with zero attached hydrogens (tertiary/aromatic N) is 1. The molecule has 4 fully saturated rings. The molecule has 4 aliphatic rings. The van der Waals surface area contributed by atoms with Gasteiger partial charge in [-0.05, 0) is 71.5 Å². The molecule has 34 heavy (non-hydrogen) atoms. The van der Waals surface area contributed by atoms with Gasteiger partial charge in [0.05, 0.1) is 5.92 Å². The van der Waals surface area contributed by atoms with Crippen LogP contribution in [0.3, 0.4) is 0 Å². The Balaban J connectivity index is 1.24. The van der Waals surface area contributed by atoms with Crippen LogP contribution in [0.4, 0.5) is 13.2 Å². The quantitative estimate of drug-likeness (QED) is 0.305. The van der Waals surface area contributed by atoms with Gasteiger partial charge in [-0.15, -0.1) is 0 Å². The highest BCUT2D eigenvalue weighted by molar-refractivity contribution is 4.88. The van der Waals surface area contributed by atoms with Gasteiger partial charge in [0.15, 0.2) is 6.35 Å². The van der Waals surface area contributed by atoms with Gasteiger partial charge in [0.2, 0.25) is 0 Å². The van der Waals surface area contributed by atoms with E-state index < -0.39 is 12.1 Å². The second-order valence-corrected chi connectivity index (χ2v) is 10.4. The number of halogens is 3. The van der Waals surface area contributed by atoms with Crippen molar-refractivity contribution in [3.8, 4) is 0 Å². The van der Waals surface area contributed by atoms with Crippen molar-refractivity contribution in [3.05, 3.63) is 0 Å². The molecule has 6 atom stereocenters. The first-order chi connectivity index (χ1) is 16.4. The summed E-state index contributed by atoms with van der Waals surface area (Å²) in [6.45, 7) is 6.91. The molecule has 0 amide bonds. The Hall–Kier alpha value is -0.530. The Kier molecular flexibility index (Phi) is 9.85. The van der Waals surface area contributed by atoms with Crippen molar-refractivity contribution < 1.29 is 17.9 Å².